The summed E-state index contributed by atoms with van der Waals surface area (Å²) in [5, 5.41) is 16.7. The van der Waals surface area contributed by atoms with Gasteiger partial charge in [0.1, 0.15) is 5.65 Å². The van der Waals surface area contributed by atoms with Crippen molar-refractivity contribution < 1.29 is 13.5 Å². The molecule has 30 heavy (non-hydrogen) atoms. The standard InChI is InChI=1S/C21H21N5O3S/c1-14-19(10-23-24-14)16-4-7-21-22-11-20(26(21)12-16)15-2-5-18(6-3-15)30(28,29)25-9-8-17(27)13-25/h2-7,10-12,17,27H,8-9,13H2,1H3,(H,23,24)/t17-/m1/s1. The van der Waals surface area contributed by atoms with E-state index in [1.165, 1.54) is 4.31 Å². The number of H-pyrrole nitrogens is 1. The number of hydrogen-bond donors (Lipinski definition) is 2. The Kier molecular flexibility index (Phi) is 4.46. The van der Waals surface area contributed by atoms with E-state index in [0.29, 0.717) is 13.0 Å². The summed E-state index contributed by atoms with van der Waals surface area (Å²) in [6.07, 6.45) is 5.46. The number of aliphatic hydroxyl groups excluding tert-OH is 1. The van der Waals surface area contributed by atoms with Crippen LogP contribution in [0, 0.1) is 6.92 Å². The molecule has 0 amide bonds. The zero-order chi connectivity index (χ0) is 20.9. The molecule has 9 heteroatoms. The molecule has 0 aliphatic carbocycles. The maximum Gasteiger partial charge on any atom is 0.243 e. The average Bonchev–Trinajstić information content (AvgIpc) is 3.47. The van der Waals surface area contributed by atoms with Gasteiger partial charge in [-0.15, -0.1) is 0 Å². The number of sulfonamides is 1. The number of aryl methyl sites for hydroxylation is 1. The van der Waals surface area contributed by atoms with Crippen LogP contribution in [-0.4, -0.2) is 56.6 Å². The molecule has 0 unspecified atom stereocenters. The number of imidazole rings is 1. The number of nitrogens with zero attached hydrogens (tertiary/aromatic N) is 4. The number of rotatable bonds is 4. The fourth-order valence-electron chi connectivity index (χ4n) is 3.87. The van der Waals surface area contributed by atoms with Gasteiger partial charge < -0.3 is 5.11 Å². The van der Waals surface area contributed by atoms with Crippen molar-refractivity contribution >= 4 is 15.7 Å². The highest BCUT2D eigenvalue weighted by Gasteiger charge is 2.31. The Morgan fingerprint density at radius 2 is 1.87 bits per heavy atom. The number of pyridine rings is 1. The third-order valence-electron chi connectivity index (χ3n) is 5.56. The van der Waals surface area contributed by atoms with Gasteiger partial charge in [-0.3, -0.25) is 9.50 Å². The minimum absolute atomic E-state index is 0.146. The number of fused-ring (bicyclic) bond motifs is 1. The monoisotopic (exact) mass is 423 g/mol. The summed E-state index contributed by atoms with van der Waals surface area (Å²) in [5.74, 6) is 0. The minimum Gasteiger partial charge on any atom is -0.392 e. The molecule has 0 spiro atoms. The normalized spacial score (nSPS) is 17.7. The molecule has 4 heterocycles. The molecule has 3 aromatic heterocycles. The van der Waals surface area contributed by atoms with E-state index in [-0.39, 0.29) is 11.4 Å². The van der Waals surface area contributed by atoms with Crippen molar-refractivity contribution in [2.24, 2.45) is 0 Å². The Morgan fingerprint density at radius 1 is 1.10 bits per heavy atom. The van der Waals surface area contributed by atoms with Gasteiger partial charge in [-0.2, -0.15) is 9.40 Å². The van der Waals surface area contributed by atoms with Crippen molar-refractivity contribution in [2.75, 3.05) is 13.1 Å². The fraction of sp³-hybridized carbons (Fsp3) is 0.238. The maximum absolute atomic E-state index is 12.8. The van der Waals surface area contributed by atoms with Crippen LogP contribution in [0.1, 0.15) is 12.1 Å². The van der Waals surface area contributed by atoms with Crippen molar-refractivity contribution in [2.45, 2.75) is 24.3 Å². The Labute approximate surface area is 173 Å². The van der Waals surface area contributed by atoms with E-state index in [2.05, 4.69) is 15.2 Å². The zero-order valence-corrected chi connectivity index (χ0v) is 17.2. The minimum atomic E-state index is -3.60. The second kappa shape index (κ2) is 7.05. The molecule has 1 fully saturated rings. The first-order chi connectivity index (χ1) is 14.4. The molecule has 1 atom stereocenters. The van der Waals surface area contributed by atoms with E-state index >= 15 is 0 Å². The van der Waals surface area contributed by atoms with Crippen LogP contribution in [0.4, 0.5) is 0 Å². The topological polar surface area (TPSA) is 104 Å². The van der Waals surface area contributed by atoms with Gasteiger partial charge in [0.25, 0.3) is 0 Å². The highest BCUT2D eigenvalue weighted by atomic mass is 32.2. The maximum atomic E-state index is 12.8. The van der Waals surface area contributed by atoms with Crippen LogP contribution < -0.4 is 0 Å². The Morgan fingerprint density at radius 3 is 2.53 bits per heavy atom. The van der Waals surface area contributed by atoms with Crippen LogP contribution in [0.15, 0.2) is 59.9 Å². The average molecular weight is 423 g/mol. The number of β-amino-alcohol motifs (C(OH)–C–C–N with tert-alkyl or cyclic N) is 1. The van der Waals surface area contributed by atoms with E-state index < -0.39 is 16.1 Å². The lowest BCUT2D eigenvalue weighted by molar-refractivity contribution is 0.189. The number of nitrogens with one attached hydrogen (secondary N) is 1. The summed E-state index contributed by atoms with van der Waals surface area (Å²) in [6, 6.07) is 10.8. The number of aromatic nitrogens is 4. The molecular weight excluding hydrogens is 402 g/mol. The predicted octanol–water partition coefficient (Wildman–Crippen LogP) is 2.46. The van der Waals surface area contributed by atoms with Crippen LogP contribution in [0.5, 0.6) is 0 Å². The SMILES string of the molecule is Cc1[nH]ncc1-c1ccc2ncc(-c3ccc(S(=O)(=O)N4CC[C@@H](O)C4)cc3)n2c1. The van der Waals surface area contributed by atoms with Gasteiger partial charge in [0.2, 0.25) is 10.0 Å². The van der Waals surface area contributed by atoms with Crippen molar-refractivity contribution in [1.29, 1.82) is 0 Å². The molecule has 1 aliphatic rings. The highest BCUT2D eigenvalue weighted by molar-refractivity contribution is 7.89. The zero-order valence-electron chi connectivity index (χ0n) is 16.4. The molecule has 154 valence electrons. The van der Waals surface area contributed by atoms with E-state index in [1.54, 1.807) is 36.7 Å². The first kappa shape index (κ1) is 19.0. The Bertz CT molecular complexity index is 1320. The Hall–Kier alpha value is -3.01. The van der Waals surface area contributed by atoms with Gasteiger partial charge in [0, 0.05) is 41.7 Å². The summed E-state index contributed by atoms with van der Waals surface area (Å²) in [7, 11) is -3.60. The van der Waals surface area contributed by atoms with Gasteiger partial charge in [-0.1, -0.05) is 12.1 Å². The van der Waals surface area contributed by atoms with Crippen molar-refractivity contribution in [3.63, 3.8) is 0 Å². The van der Waals surface area contributed by atoms with Crippen LogP contribution in [0.3, 0.4) is 0 Å². The first-order valence-electron chi connectivity index (χ1n) is 9.69. The molecule has 5 rings (SSSR count). The lowest BCUT2D eigenvalue weighted by Gasteiger charge is -2.16. The second-order valence-corrected chi connectivity index (χ2v) is 9.47. The number of aliphatic hydroxyl groups is 1. The van der Waals surface area contributed by atoms with Crippen molar-refractivity contribution in [3.8, 4) is 22.4 Å². The first-order valence-corrected chi connectivity index (χ1v) is 11.1. The third-order valence-corrected chi connectivity index (χ3v) is 7.44. The molecule has 8 nitrogen and oxygen atoms in total. The van der Waals surface area contributed by atoms with Crippen molar-refractivity contribution in [3.05, 3.63) is 60.7 Å². The van der Waals surface area contributed by atoms with Gasteiger partial charge >= 0.3 is 0 Å². The van der Waals surface area contributed by atoms with Crippen molar-refractivity contribution in [1.82, 2.24) is 23.9 Å². The third kappa shape index (κ3) is 3.11. The quantitative estimate of drug-likeness (QED) is 0.525. The molecule has 1 aliphatic heterocycles. The Balaban J connectivity index is 1.51. The molecule has 4 aromatic rings. The van der Waals surface area contributed by atoms with Crippen LogP contribution in [0.25, 0.3) is 28.0 Å². The van der Waals surface area contributed by atoms with Crippen LogP contribution >= 0.6 is 0 Å². The lowest BCUT2D eigenvalue weighted by atomic mass is 10.1. The van der Waals surface area contributed by atoms with Gasteiger partial charge in [0.15, 0.2) is 0 Å². The number of benzene rings is 1. The molecule has 0 radical (unpaired) electrons. The summed E-state index contributed by atoms with van der Waals surface area (Å²) in [4.78, 5) is 4.69. The van der Waals surface area contributed by atoms with Gasteiger partial charge in [-0.05, 0) is 37.6 Å². The van der Waals surface area contributed by atoms with Gasteiger partial charge in [0.05, 0.1) is 29.1 Å². The summed E-state index contributed by atoms with van der Waals surface area (Å²) >= 11 is 0. The van der Waals surface area contributed by atoms with E-state index in [1.807, 2.05) is 29.7 Å². The predicted molar refractivity (Wildman–Crippen MR) is 112 cm³/mol. The molecule has 0 saturated carbocycles. The van der Waals surface area contributed by atoms with E-state index in [4.69, 9.17) is 0 Å². The molecular formula is C21H21N5O3S. The lowest BCUT2D eigenvalue weighted by Crippen LogP contribution is -2.29. The molecule has 1 saturated heterocycles. The fourth-order valence-corrected chi connectivity index (χ4v) is 5.36. The summed E-state index contributed by atoms with van der Waals surface area (Å²) in [6.45, 7) is 2.46. The second-order valence-electron chi connectivity index (χ2n) is 7.53. The molecule has 2 N–H and O–H groups in total. The van der Waals surface area contributed by atoms with Crippen LogP contribution in [0.2, 0.25) is 0 Å². The van der Waals surface area contributed by atoms with E-state index in [9.17, 15) is 13.5 Å². The highest BCUT2D eigenvalue weighted by Crippen LogP contribution is 2.28. The molecule has 1 aromatic carbocycles. The van der Waals surface area contributed by atoms with E-state index in [0.717, 1.165) is 33.7 Å². The summed E-state index contributed by atoms with van der Waals surface area (Å²) < 4.78 is 28.9. The number of hydrogen-bond acceptors (Lipinski definition) is 5. The van der Waals surface area contributed by atoms with Gasteiger partial charge in [-0.25, -0.2) is 13.4 Å². The smallest absolute Gasteiger partial charge is 0.243 e. The molecule has 0 bridgehead atoms. The number of aromatic amines is 1. The van der Waals surface area contributed by atoms with Crippen LogP contribution in [-0.2, 0) is 10.0 Å². The largest absolute Gasteiger partial charge is 0.392 e. The summed E-state index contributed by atoms with van der Waals surface area (Å²) in [5.41, 5.74) is 5.55.